The lowest BCUT2D eigenvalue weighted by Crippen LogP contribution is -2.08. The normalized spacial score (nSPS) is 19.9. The Morgan fingerprint density at radius 3 is 2.57 bits per heavy atom. The molecule has 1 atom stereocenters. The third-order valence-corrected chi connectivity index (χ3v) is 2.22. The van der Waals surface area contributed by atoms with Crippen molar-refractivity contribution in [2.75, 3.05) is 33.0 Å². The largest absolute Gasteiger partial charge is 0.379 e. The van der Waals surface area contributed by atoms with Gasteiger partial charge < -0.3 is 14.2 Å². The molecule has 1 heterocycles. The highest BCUT2D eigenvalue weighted by atomic mass is 16.6. The van der Waals surface area contributed by atoms with E-state index >= 15 is 0 Å². The zero-order valence-electron chi connectivity index (χ0n) is 9.17. The lowest BCUT2D eigenvalue weighted by Gasteiger charge is -2.04. The second-order valence-corrected chi connectivity index (χ2v) is 3.70. The second kappa shape index (κ2) is 8.21. The topological polar surface area (TPSA) is 31.0 Å². The predicted octanol–water partition coefficient (Wildman–Crippen LogP) is 2.00. The van der Waals surface area contributed by atoms with Gasteiger partial charge in [-0.1, -0.05) is 26.2 Å². The van der Waals surface area contributed by atoms with Gasteiger partial charge in [0.25, 0.3) is 0 Å². The van der Waals surface area contributed by atoms with E-state index < -0.39 is 0 Å². The minimum absolute atomic E-state index is 0.375. The smallest absolute Gasteiger partial charge is 0.104 e. The van der Waals surface area contributed by atoms with Gasteiger partial charge in [0.1, 0.15) is 6.10 Å². The van der Waals surface area contributed by atoms with Crippen molar-refractivity contribution in [3.63, 3.8) is 0 Å². The van der Waals surface area contributed by atoms with Crippen molar-refractivity contribution in [2.45, 2.75) is 38.7 Å². The van der Waals surface area contributed by atoms with Crippen LogP contribution in [0.25, 0.3) is 0 Å². The molecule has 3 heteroatoms. The Bertz CT molecular complexity index is 124. The van der Waals surface area contributed by atoms with E-state index in [4.69, 9.17) is 14.2 Å². The summed E-state index contributed by atoms with van der Waals surface area (Å²) in [5.74, 6) is 0. The van der Waals surface area contributed by atoms with Crippen LogP contribution in [0.3, 0.4) is 0 Å². The molecule has 0 saturated carbocycles. The zero-order valence-corrected chi connectivity index (χ0v) is 9.17. The first kappa shape index (κ1) is 12.0. The Morgan fingerprint density at radius 1 is 1.07 bits per heavy atom. The van der Waals surface area contributed by atoms with Crippen molar-refractivity contribution in [2.24, 2.45) is 0 Å². The molecule has 84 valence electrons. The van der Waals surface area contributed by atoms with Crippen LogP contribution in [0.5, 0.6) is 0 Å². The van der Waals surface area contributed by atoms with Crippen LogP contribution in [0, 0.1) is 0 Å². The molecular formula is C11H22O3. The van der Waals surface area contributed by atoms with Crippen LogP contribution in [0.1, 0.15) is 32.6 Å². The van der Waals surface area contributed by atoms with Gasteiger partial charge in [0.2, 0.25) is 0 Å². The molecule has 1 rings (SSSR count). The van der Waals surface area contributed by atoms with Crippen molar-refractivity contribution in [1.29, 1.82) is 0 Å². The monoisotopic (exact) mass is 202 g/mol. The molecule has 0 N–H and O–H groups in total. The highest BCUT2D eigenvalue weighted by molar-refractivity contribution is 4.66. The van der Waals surface area contributed by atoms with Crippen molar-refractivity contribution in [1.82, 2.24) is 0 Å². The minimum atomic E-state index is 0.375. The molecule has 0 radical (unpaired) electrons. The Labute approximate surface area is 86.7 Å². The van der Waals surface area contributed by atoms with Crippen LogP contribution >= 0.6 is 0 Å². The van der Waals surface area contributed by atoms with Gasteiger partial charge in [0.05, 0.1) is 26.4 Å². The number of unbranched alkanes of at least 4 members (excludes halogenated alkanes) is 3. The molecule has 1 aliphatic rings. The van der Waals surface area contributed by atoms with Gasteiger partial charge in [-0.25, -0.2) is 0 Å². The molecule has 3 nitrogen and oxygen atoms in total. The number of hydrogen-bond donors (Lipinski definition) is 0. The first-order valence-corrected chi connectivity index (χ1v) is 5.70. The average molecular weight is 202 g/mol. The molecule has 1 saturated heterocycles. The molecule has 1 unspecified atom stereocenters. The third kappa shape index (κ3) is 7.30. The Hall–Kier alpha value is -0.120. The van der Waals surface area contributed by atoms with E-state index in [9.17, 15) is 0 Å². The molecule has 0 amide bonds. The summed E-state index contributed by atoms with van der Waals surface area (Å²) in [5, 5.41) is 0. The fourth-order valence-corrected chi connectivity index (χ4v) is 1.23. The van der Waals surface area contributed by atoms with Crippen LogP contribution in [0.15, 0.2) is 0 Å². The van der Waals surface area contributed by atoms with E-state index in [1.165, 1.54) is 25.7 Å². The van der Waals surface area contributed by atoms with Crippen molar-refractivity contribution < 1.29 is 14.2 Å². The minimum Gasteiger partial charge on any atom is -0.379 e. The molecule has 14 heavy (non-hydrogen) atoms. The standard InChI is InChI=1S/C11H22O3/c1-2-3-4-5-6-12-7-8-13-9-11-10-14-11/h11H,2-10H2,1H3. The summed E-state index contributed by atoms with van der Waals surface area (Å²) < 4.78 is 15.8. The average Bonchev–Trinajstić information content (AvgIpc) is 2.99. The molecule has 0 bridgehead atoms. The molecule has 0 spiro atoms. The lowest BCUT2D eigenvalue weighted by molar-refractivity contribution is 0.0406. The summed E-state index contributed by atoms with van der Waals surface area (Å²) >= 11 is 0. The van der Waals surface area contributed by atoms with Gasteiger partial charge >= 0.3 is 0 Å². The molecule has 0 aromatic carbocycles. The molecule has 0 aromatic rings. The van der Waals surface area contributed by atoms with E-state index in [-0.39, 0.29) is 0 Å². The summed E-state index contributed by atoms with van der Waals surface area (Å²) in [5.41, 5.74) is 0. The summed E-state index contributed by atoms with van der Waals surface area (Å²) in [6.45, 7) is 6.13. The van der Waals surface area contributed by atoms with E-state index in [1.807, 2.05) is 0 Å². The predicted molar refractivity (Wildman–Crippen MR) is 55.5 cm³/mol. The zero-order chi connectivity index (χ0) is 10.1. The summed E-state index contributed by atoms with van der Waals surface area (Å²) in [4.78, 5) is 0. The summed E-state index contributed by atoms with van der Waals surface area (Å²) in [6, 6.07) is 0. The number of rotatable bonds is 10. The first-order valence-electron chi connectivity index (χ1n) is 5.70. The Kier molecular flexibility index (Phi) is 7.01. The van der Waals surface area contributed by atoms with Crippen molar-refractivity contribution in [3.8, 4) is 0 Å². The van der Waals surface area contributed by atoms with Gasteiger partial charge in [0, 0.05) is 6.61 Å². The van der Waals surface area contributed by atoms with E-state index in [2.05, 4.69) is 6.92 Å². The quantitative estimate of drug-likeness (QED) is 0.401. The van der Waals surface area contributed by atoms with Gasteiger partial charge in [-0.3, -0.25) is 0 Å². The highest BCUT2D eigenvalue weighted by Gasteiger charge is 2.21. The number of epoxide rings is 1. The van der Waals surface area contributed by atoms with E-state index in [0.717, 1.165) is 26.4 Å². The maximum Gasteiger partial charge on any atom is 0.104 e. The van der Waals surface area contributed by atoms with Gasteiger partial charge in [-0.15, -0.1) is 0 Å². The summed E-state index contributed by atoms with van der Waals surface area (Å²) in [6.07, 6.45) is 5.44. The molecular weight excluding hydrogens is 180 g/mol. The molecule has 0 aliphatic carbocycles. The number of hydrogen-bond acceptors (Lipinski definition) is 3. The van der Waals surface area contributed by atoms with Crippen molar-refractivity contribution >= 4 is 0 Å². The van der Waals surface area contributed by atoms with Gasteiger partial charge in [0.15, 0.2) is 0 Å². The first-order chi connectivity index (χ1) is 6.93. The Morgan fingerprint density at radius 2 is 1.86 bits per heavy atom. The SMILES string of the molecule is CCCCCCOCCOCC1CO1. The molecule has 0 aromatic heterocycles. The second-order valence-electron chi connectivity index (χ2n) is 3.70. The maximum absolute atomic E-state index is 5.42. The maximum atomic E-state index is 5.42. The van der Waals surface area contributed by atoms with Crippen molar-refractivity contribution in [3.05, 3.63) is 0 Å². The lowest BCUT2D eigenvalue weighted by atomic mass is 10.2. The van der Waals surface area contributed by atoms with Gasteiger partial charge in [-0.05, 0) is 6.42 Å². The van der Waals surface area contributed by atoms with Crippen LogP contribution in [0.4, 0.5) is 0 Å². The fraction of sp³-hybridized carbons (Fsp3) is 1.00. The van der Waals surface area contributed by atoms with Gasteiger partial charge in [-0.2, -0.15) is 0 Å². The molecule has 1 fully saturated rings. The van der Waals surface area contributed by atoms with E-state index in [1.54, 1.807) is 0 Å². The van der Waals surface area contributed by atoms with Crippen LogP contribution in [-0.2, 0) is 14.2 Å². The van der Waals surface area contributed by atoms with Crippen LogP contribution in [0.2, 0.25) is 0 Å². The third-order valence-electron chi connectivity index (χ3n) is 2.22. The van der Waals surface area contributed by atoms with Crippen LogP contribution in [-0.4, -0.2) is 39.1 Å². The molecule has 1 aliphatic heterocycles. The highest BCUT2D eigenvalue weighted by Crippen LogP contribution is 2.08. The fourth-order valence-electron chi connectivity index (χ4n) is 1.23. The summed E-state index contributed by atoms with van der Waals surface area (Å²) in [7, 11) is 0. The van der Waals surface area contributed by atoms with Crippen LogP contribution < -0.4 is 0 Å². The number of ether oxygens (including phenoxy) is 3. The Balaban J connectivity index is 1.63. The van der Waals surface area contributed by atoms with E-state index in [0.29, 0.717) is 12.7 Å².